The Bertz CT molecular complexity index is 817. The number of halogens is 1. The smallest absolute Gasteiger partial charge is 0.339 e. The third-order valence-corrected chi connectivity index (χ3v) is 4.55. The van der Waals surface area contributed by atoms with Gasteiger partial charge in [0.05, 0.1) is 30.4 Å². The lowest BCUT2D eigenvalue weighted by Gasteiger charge is -2.28. The van der Waals surface area contributed by atoms with Crippen LogP contribution in [0.4, 0.5) is 11.4 Å². The number of esters is 1. The summed E-state index contributed by atoms with van der Waals surface area (Å²) in [4.78, 5) is 26.6. The summed E-state index contributed by atoms with van der Waals surface area (Å²) in [5.41, 5.74) is 2.29. The van der Waals surface area contributed by atoms with Gasteiger partial charge in [0.25, 0.3) is 5.91 Å². The van der Waals surface area contributed by atoms with Crippen LogP contribution in [-0.4, -0.2) is 44.8 Å². The van der Waals surface area contributed by atoms with E-state index < -0.39 is 5.97 Å². The van der Waals surface area contributed by atoms with E-state index in [2.05, 4.69) is 10.2 Å². The fourth-order valence-electron chi connectivity index (χ4n) is 2.82. The molecule has 0 bridgehead atoms. The lowest BCUT2D eigenvalue weighted by molar-refractivity contribution is 0.0526. The fourth-order valence-corrected chi connectivity index (χ4v) is 3.01. The van der Waals surface area contributed by atoms with Crippen molar-refractivity contribution < 1.29 is 19.1 Å². The van der Waals surface area contributed by atoms with Gasteiger partial charge >= 0.3 is 5.97 Å². The Kier molecular flexibility index (Phi) is 6.32. The van der Waals surface area contributed by atoms with E-state index in [-0.39, 0.29) is 23.1 Å². The number of ether oxygens (including phenoxy) is 2. The molecule has 0 radical (unpaired) electrons. The van der Waals surface area contributed by atoms with Gasteiger partial charge in [0, 0.05) is 30.0 Å². The number of anilines is 2. The average molecular weight is 389 g/mol. The topological polar surface area (TPSA) is 67.9 Å². The molecule has 1 aliphatic heterocycles. The van der Waals surface area contributed by atoms with E-state index in [4.69, 9.17) is 21.1 Å². The Morgan fingerprint density at radius 1 is 1.15 bits per heavy atom. The minimum absolute atomic E-state index is 0.221. The van der Waals surface area contributed by atoms with Crippen LogP contribution in [-0.2, 0) is 9.47 Å². The monoisotopic (exact) mass is 388 g/mol. The Hall–Kier alpha value is -2.57. The summed E-state index contributed by atoms with van der Waals surface area (Å²) in [6.45, 7) is 5.07. The molecule has 142 valence electrons. The van der Waals surface area contributed by atoms with Crippen molar-refractivity contribution in [3.05, 3.63) is 58.6 Å². The number of benzene rings is 2. The molecule has 0 atom stereocenters. The van der Waals surface area contributed by atoms with Gasteiger partial charge in [-0.25, -0.2) is 4.79 Å². The number of morpholine rings is 1. The predicted molar refractivity (Wildman–Crippen MR) is 105 cm³/mol. The molecule has 3 rings (SSSR count). The third-order valence-electron chi connectivity index (χ3n) is 4.23. The van der Waals surface area contributed by atoms with E-state index >= 15 is 0 Å². The first-order valence-corrected chi connectivity index (χ1v) is 9.17. The second kappa shape index (κ2) is 8.88. The van der Waals surface area contributed by atoms with E-state index in [1.54, 1.807) is 31.2 Å². The van der Waals surface area contributed by atoms with Gasteiger partial charge in [-0.1, -0.05) is 11.6 Å². The fraction of sp³-hybridized carbons (Fsp3) is 0.300. The molecule has 0 aliphatic carbocycles. The summed E-state index contributed by atoms with van der Waals surface area (Å²) in [5.74, 6) is -0.783. The van der Waals surface area contributed by atoms with Crippen molar-refractivity contribution in [3.8, 4) is 0 Å². The first kappa shape index (κ1) is 19.2. The number of amides is 1. The van der Waals surface area contributed by atoms with Gasteiger partial charge in [0.2, 0.25) is 0 Å². The highest BCUT2D eigenvalue weighted by Crippen LogP contribution is 2.23. The summed E-state index contributed by atoms with van der Waals surface area (Å²) in [6, 6.07) is 12.1. The summed E-state index contributed by atoms with van der Waals surface area (Å²) in [5, 5.41) is 3.06. The Morgan fingerprint density at radius 3 is 2.52 bits per heavy atom. The molecule has 0 spiro atoms. The zero-order chi connectivity index (χ0) is 19.2. The van der Waals surface area contributed by atoms with Crippen LogP contribution in [0.25, 0.3) is 0 Å². The van der Waals surface area contributed by atoms with Crippen LogP contribution >= 0.6 is 11.6 Å². The molecule has 2 aromatic rings. The maximum atomic E-state index is 12.5. The molecule has 27 heavy (non-hydrogen) atoms. The van der Waals surface area contributed by atoms with Gasteiger partial charge in [0.1, 0.15) is 0 Å². The lowest BCUT2D eigenvalue weighted by Crippen LogP contribution is -2.36. The Morgan fingerprint density at radius 2 is 1.85 bits per heavy atom. The van der Waals surface area contributed by atoms with Crippen LogP contribution in [0.3, 0.4) is 0 Å². The third kappa shape index (κ3) is 4.78. The van der Waals surface area contributed by atoms with Gasteiger partial charge in [0.15, 0.2) is 0 Å². The standard InChI is InChI=1S/C20H21ClN2O4/c1-2-27-20(25)17-13-15(5-8-18(17)21)22-19(24)14-3-6-16(7-4-14)23-9-11-26-12-10-23/h3-8,13H,2,9-12H2,1H3,(H,22,24). The minimum atomic E-state index is -0.520. The maximum Gasteiger partial charge on any atom is 0.339 e. The van der Waals surface area contributed by atoms with Gasteiger partial charge < -0.3 is 19.7 Å². The minimum Gasteiger partial charge on any atom is -0.462 e. The number of carbonyl (C=O) groups excluding carboxylic acids is 2. The first-order chi connectivity index (χ1) is 13.1. The zero-order valence-corrected chi connectivity index (χ0v) is 15.8. The summed E-state index contributed by atoms with van der Waals surface area (Å²) in [6.07, 6.45) is 0. The van der Waals surface area contributed by atoms with Crippen molar-refractivity contribution in [2.45, 2.75) is 6.92 Å². The number of hydrogen-bond acceptors (Lipinski definition) is 5. The molecule has 1 amide bonds. The van der Waals surface area contributed by atoms with E-state index in [9.17, 15) is 9.59 Å². The van der Waals surface area contributed by atoms with Crippen molar-refractivity contribution in [1.82, 2.24) is 0 Å². The van der Waals surface area contributed by atoms with Crippen molar-refractivity contribution in [1.29, 1.82) is 0 Å². The molecule has 1 fully saturated rings. The van der Waals surface area contributed by atoms with Crippen LogP contribution in [0.5, 0.6) is 0 Å². The van der Waals surface area contributed by atoms with Gasteiger partial charge in [-0.3, -0.25) is 4.79 Å². The normalized spacial score (nSPS) is 13.9. The predicted octanol–water partition coefficient (Wildman–Crippen LogP) is 3.61. The lowest BCUT2D eigenvalue weighted by atomic mass is 10.1. The first-order valence-electron chi connectivity index (χ1n) is 8.79. The maximum absolute atomic E-state index is 12.5. The molecule has 0 unspecified atom stereocenters. The molecule has 1 aliphatic rings. The van der Waals surface area contributed by atoms with Crippen molar-refractivity contribution in [2.24, 2.45) is 0 Å². The molecular weight excluding hydrogens is 368 g/mol. The van der Waals surface area contributed by atoms with E-state index in [0.717, 1.165) is 18.8 Å². The van der Waals surface area contributed by atoms with Crippen molar-refractivity contribution in [2.75, 3.05) is 43.1 Å². The average Bonchev–Trinajstić information content (AvgIpc) is 2.70. The second-order valence-electron chi connectivity index (χ2n) is 6.02. The highest BCUT2D eigenvalue weighted by molar-refractivity contribution is 6.33. The molecule has 1 heterocycles. The second-order valence-corrected chi connectivity index (χ2v) is 6.42. The molecule has 2 aromatic carbocycles. The zero-order valence-electron chi connectivity index (χ0n) is 15.0. The molecule has 1 saturated heterocycles. The Balaban J connectivity index is 1.69. The van der Waals surface area contributed by atoms with E-state index in [1.165, 1.54) is 6.07 Å². The summed E-state index contributed by atoms with van der Waals surface area (Å²) in [7, 11) is 0. The molecule has 1 N–H and O–H groups in total. The number of rotatable bonds is 5. The van der Waals surface area contributed by atoms with Crippen LogP contribution in [0, 0.1) is 0 Å². The largest absolute Gasteiger partial charge is 0.462 e. The number of nitrogens with zero attached hydrogens (tertiary/aromatic N) is 1. The molecular formula is C20H21ClN2O4. The number of carbonyl (C=O) groups is 2. The van der Waals surface area contributed by atoms with Crippen molar-refractivity contribution in [3.63, 3.8) is 0 Å². The summed E-state index contributed by atoms with van der Waals surface area (Å²) < 4.78 is 10.3. The van der Waals surface area contributed by atoms with Crippen molar-refractivity contribution >= 4 is 34.9 Å². The quantitative estimate of drug-likeness (QED) is 0.792. The highest BCUT2D eigenvalue weighted by Gasteiger charge is 2.15. The van der Waals surface area contributed by atoms with Crippen LogP contribution in [0.2, 0.25) is 5.02 Å². The highest BCUT2D eigenvalue weighted by atomic mass is 35.5. The van der Waals surface area contributed by atoms with Crippen LogP contribution in [0.1, 0.15) is 27.6 Å². The molecule has 0 aromatic heterocycles. The Labute approximate surface area is 163 Å². The van der Waals surface area contributed by atoms with Gasteiger partial charge in [-0.05, 0) is 49.4 Å². The number of hydrogen-bond donors (Lipinski definition) is 1. The summed E-state index contributed by atoms with van der Waals surface area (Å²) >= 11 is 6.04. The SMILES string of the molecule is CCOC(=O)c1cc(NC(=O)c2ccc(N3CCOCC3)cc2)ccc1Cl. The van der Waals surface area contributed by atoms with E-state index in [1.807, 2.05) is 12.1 Å². The van der Waals surface area contributed by atoms with Gasteiger partial charge in [-0.2, -0.15) is 0 Å². The van der Waals surface area contributed by atoms with Gasteiger partial charge in [-0.15, -0.1) is 0 Å². The van der Waals surface area contributed by atoms with Crippen LogP contribution in [0.15, 0.2) is 42.5 Å². The molecule has 7 heteroatoms. The molecule has 0 saturated carbocycles. The van der Waals surface area contributed by atoms with Crippen LogP contribution < -0.4 is 10.2 Å². The number of nitrogens with one attached hydrogen (secondary N) is 1. The molecule has 6 nitrogen and oxygen atoms in total. The van der Waals surface area contributed by atoms with E-state index in [0.29, 0.717) is 24.5 Å².